The van der Waals surface area contributed by atoms with Gasteiger partial charge in [-0.15, -0.1) is 22.7 Å². The minimum atomic E-state index is 0.0831. The summed E-state index contributed by atoms with van der Waals surface area (Å²) < 4.78 is 0. The largest absolute Gasteiger partial charge is 0.334 e. The molecule has 0 spiro atoms. The maximum absolute atomic E-state index is 13.1. The summed E-state index contributed by atoms with van der Waals surface area (Å²) >= 11 is 3.65. The number of nitrogens with one attached hydrogen (secondary N) is 1. The summed E-state index contributed by atoms with van der Waals surface area (Å²) in [6.45, 7) is 3.65. The van der Waals surface area contributed by atoms with Crippen LogP contribution < -0.4 is 4.90 Å². The number of nitrogens with zero attached hydrogens (tertiary/aromatic N) is 1. The molecule has 1 aliphatic heterocycles. The Balaban J connectivity index is 1.53. The fraction of sp³-hybridized carbons (Fsp3) is 0.318. The van der Waals surface area contributed by atoms with Gasteiger partial charge in [-0.3, -0.25) is 4.79 Å². The van der Waals surface area contributed by atoms with Crippen molar-refractivity contribution in [3.05, 3.63) is 80.2 Å². The first-order valence-corrected chi connectivity index (χ1v) is 11.2. The summed E-state index contributed by atoms with van der Waals surface area (Å²) in [6, 6.07) is 17.2. The SMILES string of the molecule is C[C@H](c1ccccc1)N(C)C(=O)C[NH+]1CCc2sccc2[C@@H]1c1cccs1. The van der Waals surface area contributed by atoms with E-state index >= 15 is 0 Å². The lowest BCUT2D eigenvalue weighted by Crippen LogP contribution is -3.14. The first-order valence-electron chi connectivity index (χ1n) is 9.40. The molecule has 3 heterocycles. The third-order valence-electron chi connectivity index (χ3n) is 5.63. The van der Waals surface area contributed by atoms with Gasteiger partial charge in [0.05, 0.1) is 17.5 Å². The molecule has 1 amide bonds. The van der Waals surface area contributed by atoms with Gasteiger partial charge in [-0.25, -0.2) is 0 Å². The number of carbonyl (C=O) groups excluding carboxylic acids is 1. The number of thiophene rings is 2. The van der Waals surface area contributed by atoms with Crippen LogP contribution in [0, 0.1) is 0 Å². The van der Waals surface area contributed by atoms with Crippen LogP contribution >= 0.6 is 22.7 Å². The number of benzene rings is 1. The lowest BCUT2D eigenvalue weighted by Gasteiger charge is -2.34. The van der Waals surface area contributed by atoms with E-state index in [1.165, 1.54) is 25.8 Å². The molecule has 4 rings (SSSR count). The van der Waals surface area contributed by atoms with Crippen molar-refractivity contribution in [3.8, 4) is 0 Å². The minimum absolute atomic E-state index is 0.0831. The van der Waals surface area contributed by atoms with Gasteiger partial charge in [0.15, 0.2) is 6.54 Å². The van der Waals surface area contributed by atoms with Crippen LogP contribution in [0.15, 0.2) is 59.3 Å². The molecule has 3 atom stereocenters. The van der Waals surface area contributed by atoms with Gasteiger partial charge in [-0.05, 0) is 35.4 Å². The molecule has 0 aliphatic carbocycles. The Bertz CT molecular complexity index is 888. The Morgan fingerprint density at radius 2 is 1.96 bits per heavy atom. The molecular weight excluding hydrogens is 372 g/mol. The number of fused-ring (bicyclic) bond motifs is 1. The zero-order valence-corrected chi connectivity index (χ0v) is 17.4. The molecule has 0 bridgehead atoms. The third kappa shape index (κ3) is 3.72. The number of hydrogen-bond donors (Lipinski definition) is 1. The van der Waals surface area contributed by atoms with Crippen molar-refractivity contribution in [2.24, 2.45) is 0 Å². The van der Waals surface area contributed by atoms with Crippen LogP contribution in [-0.4, -0.2) is 30.9 Å². The molecule has 1 unspecified atom stereocenters. The van der Waals surface area contributed by atoms with E-state index in [1.807, 2.05) is 41.5 Å². The Morgan fingerprint density at radius 1 is 1.15 bits per heavy atom. The molecule has 140 valence electrons. The average molecular weight is 398 g/mol. The van der Waals surface area contributed by atoms with E-state index in [0.29, 0.717) is 6.54 Å². The van der Waals surface area contributed by atoms with Gasteiger partial charge in [0.1, 0.15) is 6.04 Å². The van der Waals surface area contributed by atoms with Crippen molar-refractivity contribution >= 4 is 28.6 Å². The molecule has 1 aliphatic rings. The summed E-state index contributed by atoms with van der Waals surface area (Å²) in [5, 5.41) is 4.33. The third-order valence-corrected chi connectivity index (χ3v) is 7.57. The van der Waals surface area contributed by atoms with E-state index in [1.54, 1.807) is 11.3 Å². The Labute approximate surface area is 168 Å². The number of likely N-dealkylation sites (N-methyl/N-ethyl adjacent to an activating group) is 1. The number of carbonyl (C=O) groups is 1. The van der Waals surface area contributed by atoms with E-state index in [-0.39, 0.29) is 18.0 Å². The molecule has 0 saturated heterocycles. The normalized spacial score (nSPS) is 20.1. The molecule has 5 heteroatoms. The summed E-state index contributed by atoms with van der Waals surface area (Å²) in [7, 11) is 1.93. The predicted molar refractivity (Wildman–Crippen MR) is 113 cm³/mol. The van der Waals surface area contributed by atoms with Gasteiger partial charge in [0.25, 0.3) is 5.91 Å². The number of rotatable bonds is 5. The monoisotopic (exact) mass is 397 g/mol. The molecule has 1 N–H and O–H groups in total. The molecule has 3 aromatic rings. The maximum Gasteiger partial charge on any atom is 0.278 e. The van der Waals surface area contributed by atoms with Crippen molar-refractivity contribution in [2.75, 3.05) is 20.1 Å². The smallest absolute Gasteiger partial charge is 0.278 e. The van der Waals surface area contributed by atoms with Crippen LogP contribution in [0.25, 0.3) is 0 Å². The van der Waals surface area contributed by atoms with E-state index in [2.05, 4.69) is 48.0 Å². The molecule has 1 aromatic carbocycles. The highest BCUT2D eigenvalue weighted by molar-refractivity contribution is 7.10. The van der Waals surface area contributed by atoms with Crippen molar-refractivity contribution in [2.45, 2.75) is 25.4 Å². The number of amides is 1. The lowest BCUT2D eigenvalue weighted by molar-refractivity contribution is -0.919. The Kier molecular flexibility index (Phi) is 5.43. The van der Waals surface area contributed by atoms with Crippen LogP contribution in [-0.2, 0) is 11.2 Å². The fourth-order valence-corrected chi connectivity index (χ4v) is 5.76. The first-order chi connectivity index (χ1) is 13.1. The van der Waals surface area contributed by atoms with E-state index in [9.17, 15) is 4.79 Å². The quantitative estimate of drug-likeness (QED) is 0.700. The highest BCUT2D eigenvalue weighted by Gasteiger charge is 2.36. The Hall–Kier alpha value is -1.95. The molecular formula is C22H25N2OS2+. The molecule has 27 heavy (non-hydrogen) atoms. The second-order valence-electron chi connectivity index (χ2n) is 7.17. The summed E-state index contributed by atoms with van der Waals surface area (Å²) in [5.74, 6) is 0.210. The van der Waals surface area contributed by atoms with Crippen LogP contribution in [0.4, 0.5) is 0 Å². The number of quaternary nitrogens is 1. The van der Waals surface area contributed by atoms with Crippen molar-refractivity contribution in [1.29, 1.82) is 0 Å². The summed E-state index contributed by atoms with van der Waals surface area (Å²) in [5.41, 5.74) is 2.59. The van der Waals surface area contributed by atoms with Gasteiger partial charge in [0.2, 0.25) is 0 Å². The highest BCUT2D eigenvalue weighted by Crippen LogP contribution is 2.31. The van der Waals surface area contributed by atoms with Crippen LogP contribution in [0.3, 0.4) is 0 Å². The van der Waals surface area contributed by atoms with E-state index in [4.69, 9.17) is 0 Å². The highest BCUT2D eigenvalue weighted by atomic mass is 32.1. The van der Waals surface area contributed by atoms with E-state index in [0.717, 1.165) is 13.0 Å². The zero-order chi connectivity index (χ0) is 18.8. The zero-order valence-electron chi connectivity index (χ0n) is 15.7. The van der Waals surface area contributed by atoms with Crippen LogP contribution in [0.2, 0.25) is 0 Å². The molecule has 0 saturated carbocycles. The first kappa shape index (κ1) is 18.4. The second kappa shape index (κ2) is 7.97. The predicted octanol–water partition coefficient (Wildman–Crippen LogP) is 3.56. The van der Waals surface area contributed by atoms with Crippen LogP contribution in [0.1, 0.15) is 39.9 Å². The van der Waals surface area contributed by atoms with E-state index < -0.39 is 0 Å². The standard InChI is InChI=1S/C22H24N2OS2/c1-16(17-7-4-3-5-8-17)23(2)21(25)15-24-12-10-19-18(11-14-27-19)22(24)20-9-6-13-26-20/h3-9,11,13-14,16,22H,10,12,15H2,1-2H3/p+1/t16-,22-/m1/s1. The lowest BCUT2D eigenvalue weighted by atomic mass is 9.98. The Morgan fingerprint density at radius 3 is 2.70 bits per heavy atom. The minimum Gasteiger partial charge on any atom is -0.334 e. The summed E-state index contributed by atoms with van der Waals surface area (Å²) in [6.07, 6.45) is 1.06. The van der Waals surface area contributed by atoms with Crippen molar-refractivity contribution in [1.82, 2.24) is 4.90 Å². The molecule has 3 nitrogen and oxygen atoms in total. The fourth-order valence-electron chi connectivity index (χ4n) is 3.94. The van der Waals surface area contributed by atoms with Gasteiger partial charge in [-0.1, -0.05) is 36.4 Å². The van der Waals surface area contributed by atoms with Crippen molar-refractivity contribution < 1.29 is 9.69 Å². The maximum atomic E-state index is 13.1. The number of hydrogen-bond acceptors (Lipinski definition) is 3. The second-order valence-corrected chi connectivity index (χ2v) is 9.15. The van der Waals surface area contributed by atoms with Gasteiger partial charge in [-0.2, -0.15) is 0 Å². The summed E-state index contributed by atoms with van der Waals surface area (Å²) in [4.78, 5) is 19.2. The average Bonchev–Trinajstić information content (AvgIpc) is 3.39. The van der Waals surface area contributed by atoms with Gasteiger partial charge >= 0.3 is 0 Å². The van der Waals surface area contributed by atoms with Crippen LogP contribution in [0.5, 0.6) is 0 Å². The molecule has 0 fully saturated rings. The molecule has 0 radical (unpaired) electrons. The van der Waals surface area contributed by atoms with Gasteiger partial charge < -0.3 is 9.80 Å². The molecule has 2 aromatic heterocycles. The van der Waals surface area contributed by atoms with Gasteiger partial charge in [0, 0.05) is 23.9 Å². The van der Waals surface area contributed by atoms with Crippen molar-refractivity contribution in [3.63, 3.8) is 0 Å². The topological polar surface area (TPSA) is 24.8 Å².